The van der Waals surface area contributed by atoms with Gasteiger partial charge in [-0.05, 0) is 12.8 Å². The molecule has 0 bridgehead atoms. The third kappa shape index (κ3) is 1.61. The smallest absolute Gasteiger partial charge is 0.271 e. The summed E-state index contributed by atoms with van der Waals surface area (Å²) in [5.74, 6) is 0. The molecule has 0 radical (unpaired) electrons. The Hall–Kier alpha value is -1.03. The van der Waals surface area contributed by atoms with Crippen molar-refractivity contribution in [2.24, 2.45) is 0 Å². The lowest BCUT2D eigenvalue weighted by Gasteiger charge is -2.21. The van der Waals surface area contributed by atoms with Gasteiger partial charge in [0.2, 0.25) is 0 Å². The highest BCUT2D eigenvalue weighted by atomic mass is 16.1. The molecule has 0 saturated heterocycles. The fourth-order valence-corrected chi connectivity index (χ4v) is 2.95. The van der Waals surface area contributed by atoms with Gasteiger partial charge in [-0.3, -0.25) is 9.89 Å². The minimum Gasteiger partial charge on any atom is -0.312 e. The minimum absolute atomic E-state index is 0.217. The molecule has 16 heavy (non-hydrogen) atoms. The van der Waals surface area contributed by atoms with E-state index in [2.05, 4.69) is 10.4 Å². The number of hydrogen-bond donors (Lipinski definition) is 2. The first-order valence-electron chi connectivity index (χ1n) is 6.39. The number of H-pyrrole nitrogens is 1. The number of nitrogens with zero attached hydrogens (tertiary/aromatic N) is 1. The van der Waals surface area contributed by atoms with Gasteiger partial charge in [-0.15, -0.1) is 0 Å². The molecule has 1 aliphatic carbocycles. The molecule has 0 spiro atoms. The van der Waals surface area contributed by atoms with Crippen LogP contribution in [0.4, 0.5) is 0 Å². The van der Waals surface area contributed by atoms with Crippen molar-refractivity contribution in [1.82, 2.24) is 15.1 Å². The van der Waals surface area contributed by atoms with Gasteiger partial charge >= 0.3 is 0 Å². The van der Waals surface area contributed by atoms with E-state index in [4.69, 9.17) is 0 Å². The maximum atomic E-state index is 12.2. The van der Waals surface area contributed by atoms with Crippen LogP contribution in [0.5, 0.6) is 0 Å². The van der Waals surface area contributed by atoms with Gasteiger partial charge in [-0.1, -0.05) is 19.3 Å². The number of aromatic amines is 1. The Bertz CT molecular complexity index is 426. The summed E-state index contributed by atoms with van der Waals surface area (Å²) in [6.45, 7) is 1.72. The molecule has 0 amide bonds. The van der Waals surface area contributed by atoms with Crippen LogP contribution in [-0.4, -0.2) is 16.3 Å². The Labute approximate surface area is 95.0 Å². The third-order valence-electron chi connectivity index (χ3n) is 3.89. The van der Waals surface area contributed by atoms with E-state index < -0.39 is 0 Å². The van der Waals surface area contributed by atoms with Gasteiger partial charge in [-0.2, -0.15) is 0 Å². The van der Waals surface area contributed by atoms with Crippen LogP contribution < -0.4 is 10.9 Å². The lowest BCUT2D eigenvalue weighted by Crippen LogP contribution is -2.29. The van der Waals surface area contributed by atoms with Crippen LogP contribution in [0.1, 0.15) is 49.4 Å². The monoisotopic (exact) mass is 221 g/mol. The van der Waals surface area contributed by atoms with Gasteiger partial charge in [0.15, 0.2) is 0 Å². The number of nitrogens with one attached hydrogen (secondary N) is 2. The molecular weight excluding hydrogens is 202 g/mol. The number of fused-ring (bicyclic) bond motifs is 1. The molecule has 0 aromatic carbocycles. The Balaban J connectivity index is 1.94. The van der Waals surface area contributed by atoms with Crippen molar-refractivity contribution in [2.75, 3.05) is 6.54 Å². The van der Waals surface area contributed by atoms with Crippen LogP contribution in [0.25, 0.3) is 0 Å². The van der Waals surface area contributed by atoms with Crippen molar-refractivity contribution in [2.45, 2.75) is 51.1 Å². The zero-order valence-corrected chi connectivity index (χ0v) is 9.59. The van der Waals surface area contributed by atoms with Crippen LogP contribution in [0, 0.1) is 0 Å². The predicted molar refractivity (Wildman–Crippen MR) is 62.6 cm³/mol. The lowest BCUT2D eigenvalue weighted by molar-refractivity contribution is 0.322. The van der Waals surface area contributed by atoms with Gasteiger partial charge < -0.3 is 5.32 Å². The number of aromatic nitrogens is 2. The molecule has 2 aliphatic rings. The summed E-state index contributed by atoms with van der Waals surface area (Å²) in [7, 11) is 0. The fraction of sp³-hybridized carbons (Fsp3) is 0.750. The second-order valence-corrected chi connectivity index (χ2v) is 4.96. The van der Waals surface area contributed by atoms with E-state index in [1.807, 2.05) is 4.68 Å². The molecular formula is C12H19N3O. The molecule has 1 fully saturated rings. The van der Waals surface area contributed by atoms with Gasteiger partial charge in [0.1, 0.15) is 0 Å². The third-order valence-corrected chi connectivity index (χ3v) is 3.89. The van der Waals surface area contributed by atoms with E-state index in [0.717, 1.165) is 43.6 Å². The van der Waals surface area contributed by atoms with Crippen LogP contribution in [-0.2, 0) is 13.0 Å². The molecule has 0 unspecified atom stereocenters. The molecule has 88 valence electrons. The topological polar surface area (TPSA) is 49.8 Å². The van der Waals surface area contributed by atoms with Gasteiger partial charge in [0, 0.05) is 25.2 Å². The lowest BCUT2D eigenvalue weighted by atomic mass is 9.96. The first kappa shape index (κ1) is 10.1. The average Bonchev–Trinajstić information content (AvgIpc) is 2.69. The second-order valence-electron chi connectivity index (χ2n) is 4.96. The van der Waals surface area contributed by atoms with Crippen molar-refractivity contribution >= 4 is 0 Å². The summed E-state index contributed by atoms with van der Waals surface area (Å²) in [5, 5.41) is 6.60. The zero-order chi connectivity index (χ0) is 11.0. The summed E-state index contributed by atoms with van der Waals surface area (Å²) in [4.78, 5) is 12.2. The molecule has 1 aromatic heterocycles. The first-order valence-corrected chi connectivity index (χ1v) is 6.39. The number of rotatable bonds is 1. The van der Waals surface area contributed by atoms with E-state index in [9.17, 15) is 4.79 Å². The fourth-order valence-electron chi connectivity index (χ4n) is 2.95. The molecule has 0 atom stereocenters. The molecule has 1 aliphatic heterocycles. The number of hydrogen-bond acceptors (Lipinski definition) is 2. The Morgan fingerprint density at radius 3 is 2.75 bits per heavy atom. The Kier molecular flexibility index (Phi) is 2.59. The van der Waals surface area contributed by atoms with E-state index in [1.54, 1.807) is 0 Å². The maximum Gasteiger partial charge on any atom is 0.271 e. The van der Waals surface area contributed by atoms with Gasteiger partial charge in [0.25, 0.3) is 5.56 Å². The normalized spacial score (nSPS) is 22.0. The summed E-state index contributed by atoms with van der Waals surface area (Å²) in [6, 6.07) is 0.423. The molecule has 4 nitrogen and oxygen atoms in total. The minimum atomic E-state index is 0.217. The second kappa shape index (κ2) is 4.09. The van der Waals surface area contributed by atoms with Crippen LogP contribution in [0.3, 0.4) is 0 Å². The van der Waals surface area contributed by atoms with Crippen molar-refractivity contribution in [3.63, 3.8) is 0 Å². The summed E-state index contributed by atoms with van der Waals surface area (Å²) < 4.78 is 1.90. The largest absolute Gasteiger partial charge is 0.312 e. The van der Waals surface area contributed by atoms with Gasteiger partial charge in [0.05, 0.1) is 11.6 Å². The maximum absolute atomic E-state index is 12.2. The van der Waals surface area contributed by atoms with Crippen molar-refractivity contribution in [3.05, 3.63) is 21.6 Å². The molecule has 4 heteroatoms. The van der Waals surface area contributed by atoms with Gasteiger partial charge in [-0.25, -0.2) is 4.68 Å². The highest BCUT2D eigenvalue weighted by molar-refractivity contribution is 5.20. The zero-order valence-electron chi connectivity index (χ0n) is 9.59. The molecule has 1 saturated carbocycles. The van der Waals surface area contributed by atoms with E-state index in [0.29, 0.717) is 6.04 Å². The quantitative estimate of drug-likeness (QED) is 0.751. The van der Waals surface area contributed by atoms with Crippen LogP contribution in [0.15, 0.2) is 4.79 Å². The summed E-state index contributed by atoms with van der Waals surface area (Å²) >= 11 is 0. The van der Waals surface area contributed by atoms with E-state index in [1.165, 1.54) is 19.3 Å². The molecule has 2 N–H and O–H groups in total. The first-order chi connectivity index (χ1) is 7.86. The van der Waals surface area contributed by atoms with E-state index in [-0.39, 0.29) is 5.56 Å². The van der Waals surface area contributed by atoms with E-state index >= 15 is 0 Å². The summed E-state index contributed by atoms with van der Waals surface area (Å²) in [6.07, 6.45) is 7.13. The molecule has 1 aromatic rings. The highest BCUT2D eigenvalue weighted by Crippen LogP contribution is 2.27. The average molecular weight is 221 g/mol. The Morgan fingerprint density at radius 2 is 2.00 bits per heavy atom. The highest BCUT2D eigenvalue weighted by Gasteiger charge is 2.22. The van der Waals surface area contributed by atoms with Crippen molar-refractivity contribution in [3.8, 4) is 0 Å². The van der Waals surface area contributed by atoms with Crippen molar-refractivity contribution in [1.29, 1.82) is 0 Å². The SMILES string of the molecule is O=c1c2c([nH]n1C1CCCCC1)CCNC2. The van der Waals surface area contributed by atoms with Crippen LogP contribution in [0.2, 0.25) is 0 Å². The molecule has 3 rings (SSSR count). The molecule has 2 heterocycles. The standard InChI is InChI=1S/C12H19N3O/c16-12-10-8-13-7-6-11(10)14-15(12)9-4-2-1-3-5-9/h9,13-14H,1-8H2. The summed E-state index contributed by atoms with van der Waals surface area (Å²) in [5.41, 5.74) is 2.35. The Morgan fingerprint density at radius 1 is 1.19 bits per heavy atom. The van der Waals surface area contributed by atoms with Crippen LogP contribution >= 0.6 is 0 Å². The predicted octanol–water partition coefficient (Wildman–Crippen LogP) is 1.33. The van der Waals surface area contributed by atoms with Crippen molar-refractivity contribution < 1.29 is 0 Å².